The second-order valence-corrected chi connectivity index (χ2v) is 5.49. The molecule has 4 nitrogen and oxygen atoms in total. The molecule has 0 saturated carbocycles. The summed E-state index contributed by atoms with van der Waals surface area (Å²) in [6.45, 7) is 1.90. The van der Waals surface area contributed by atoms with E-state index in [9.17, 15) is 13.2 Å². The number of rotatable bonds is 3. The third kappa shape index (κ3) is 3.46. The molecule has 0 atom stereocenters. The highest BCUT2D eigenvalue weighted by molar-refractivity contribution is 5.88. The Bertz CT molecular complexity index is 875. The van der Waals surface area contributed by atoms with Gasteiger partial charge in [-0.15, -0.1) is 0 Å². The van der Waals surface area contributed by atoms with Crippen LogP contribution >= 0.6 is 0 Å². The van der Waals surface area contributed by atoms with Gasteiger partial charge in [0, 0.05) is 5.56 Å². The summed E-state index contributed by atoms with van der Waals surface area (Å²) in [5, 5.41) is 0. The van der Waals surface area contributed by atoms with E-state index < -0.39 is 12.0 Å². The topological polar surface area (TPSA) is 63.8 Å². The van der Waals surface area contributed by atoms with Crippen LogP contribution in [0, 0.1) is 6.92 Å². The number of halogens is 3. The number of nitrogen functional groups attached to an aromatic ring is 1. The van der Waals surface area contributed by atoms with Gasteiger partial charge in [-0.05, 0) is 12.5 Å². The third-order valence-corrected chi connectivity index (χ3v) is 3.69. The Kier molecular flexibility index (Phi) is 4.41. The molecule has 1 aromatic heterocycles. The first-order chi connectivity index (χ1) is 11.9. The van der Waals surface area contributed by atoms with Gasteiger partial charge in [0.2, 0.25) is 5.82 Å². The number of benzene rings is 2. The van der Waals surface area contributed by atoms with Gasteiger partial charge < -0.3 is 5.43 Å². The average Bonchev–Trinajstić information content (AvgIpc) is 2.61. The fourth-order valence-corrected chi connectivity index (χ4v) is 2.49. The maximum absolute atomic E-state index is 13.2. The predicted octanol–water partition coefficient (Wildman–Crippen LogP) is 4.42. The Morgan fingerprint density at radius 1 is 0.880 bits per heavy atom. The lowest BCUT2D eigenvalue weighted by Crippen LogP contribution is -2.17. The molecule has 0 aliphatic rings. The van der Waals surface area contributed by atoms with E-state index in [4.69, 9.17) is 5.84 Å². The van der Waals surface area contributed by atoms with Crippen LogP contribution in [0.25, 0.3) is 22.4 Å². The molecule has 0 aliphatic heterocycles. The Labute approximate surface area is 142 Å². The average molecular weight is 344 g/mol. The molecule has 0 saturated heterocycles. The summed E-state index contributed by atoms with van der Waals surface area (Å²) < 4.78 is 39.6. The standard InChI is InChI=1S/C18H15F3N4/c1-11-7-9-13(10-8-11)15-14(12-5-3-2-4-6-12)16(25-22)24-17(23-15)18(19,20)21/h2-10H,22H2,1H3,(H,23,24,25). The lowest BCUT2D eigenvalue weighted by Gasteiger charge is -2.16. The lowest BCUT2D eigenvalue weighted by molar-refractivity contribution is -0.144. The number of aromatic nitrogens is 2. The zero-order chi connectivity index (χ0) is 18.0. The number of hydrogen-bond acceptors (Lipinski definition) is 4. The number of nitrogens with zero attached hydrogens (tertiary/aromatic N) is 2. The van der Waals surface area contributed by atoms with Crippen LogP contribution in [-0.4, -0.2) is 9.97 Å². The zero-order valence-corrected chi connectivity index (χ0v) is 13.3. The Morgan fingerprint density at radius 3 is 2.08 bits per heavy atom. The Hall–Kier alpha value is -2.93. The number of hydrogen-bond donors (Lipinski definition) is 2. The van der Waals surface area contributed by atoms with E-state index in [0.717, 1.165) is 5.56 Å². The molecule has 0 bridgehead atoms. The molecular weight excluding hydrogens is 329 g/mol. The summed E-state index contributed by atoms with van der Waals surface area (Å²) >= 11 is 0. The molecule has 128 valence electrons. The number of hydrazine groups is 1. The fraction of sp³-hybridized carbons (Fsp3) is 0.111. The van der Waals surface area contributed by atoms with Gasteiger partial charge in [-0.2, -0.15) is 13.2 Å². The van der Waals surface area contributed by atoms with Crippen LogP contribution in [0.3, 0.4) is 0 Å². The Morgan fingerprint density at radius 2 is 1.52 bits per heavy atom. The number of anilines is 1. The molecule has 3 N–H and O–H groups in total. The quantitative estimate of drug-likeness (QED) is 0.545. The van der Waals surface area contributed by atoms with Crippen molar-refractivity contribution in [2.75, 3.05) is 5.43 Å². The number of nitrogens with one attached hydrogen (secondary N) is 1. The van der Waals surface area contributed by atoms with Gasteiger partial charge in [0.1, 0.15) is 0 Å². The molecule has 0 amide bonds. The maximum Gasteiger partial charge on any atom is 0.451 e. The van der Waals surface area contributed by atoms with Crippen molar-refractivity contribution in [2.24, 2.45) is 5.84 Å². The van der Waals surface area contributed by atoms with E-state index in [-0.39, 0.29) is 11.5 Å². The second-order valence-electron chi connectivity index (χ2n) is 5.49. The van der Waals surface area contributed by atoms with Crippen molar-refractivity contribution in [1.29, 1.82) is 0 Å². The highest BCUT2D eigenvalue weighted by Gasteiger charge is 2.36. The highest BCUT2D eigenvalue weighted by Crippen LogP contribution is 2.38. The van der Waals surface area contributed by atoms with Crippen LogP contribution in [0.5, 0.6) is 0 Å². The number of nitrogens with two attached hydrogens (primary N) is 1. The van der Waals surface area contributed by atoms with E-state index in [2.05, 4.69) is 15.4 Å². The van der Waals surface area contributed by atoms with Crippen molar-refractivity contribution in [1.82, 2.24) is 9.97 Å². The SMILES string of the molecule is Cc1ccc(-c2nc(C(F)(F)F)nc(NN)c2-c2ccccc2)cc1. The minimum Gasteiger partial charge on any atom is -0.308 e. The minimum absolute atomic E-state index is 0.0795. The van der Waals surface area contributed by atoms with Crippen molar-refractivity contribution in [2.45, 2.75) is 13.1 Å². The molecule has 2 aromatic carbocycles. The number of alkyl halides is 3. The first-order valence-corrected chi connectivity index (χ1v) is 7.48. The summed E-state index contributed by atoms with van der Waals surface area (Å²) in [5.74, 6) is 4.14. The predicted molar refractivity (Wildman–Crippen MR) is 90.5 cm³/mol. The smallest absolute Gasteiger partial charge is 0.308 e. The van der Waals surface area contributed by atoms with Crippen LogP contribution in [0.1, 0.15) is 11.4 Å². The van der Waals surface area contributed by atoms with Crippen molar-refractivity contribution in [3.05, 3.63) is 66.0 Å². The van der Waals surface area contributed by atoms with E-state index in [1.807, 2.05) is 25.1 Å². The van der Waals surface area contributed by atoms with Gasteiger partial charge in [0.05, 0.1) is 11.3 Å². The van der Waals surface area contributed by atoms with Gasteiger partial charge in [0.25, 0.3) is 0 Å². The lowest BCUT2D eigenvalue weighted by atomic mass is 9.99. The zero-order valence-electron chi connectivity index (χ0n) is 13.3. The molecule has 0 unspecified atom stereocenters. The molecular formula is C18H15F3N4. The summed E-state index contributed by atoms with van der Waals surface area (Å²) in [6, 6.07) is 16.0. The Balaban J connectivity index is 2.33. The molecule has 3 rings (SSSR count). The molecule has 0 fully saturated rings. The fourth-order valence-electron chi connectivity index (χ4n) is 2.49. The first-order valence-electron chi connectivity index (χ1n) is 7.48. The van der Waals surface area contributed by atoms with Crippen LogP contribution in [0.2, 0.25) is 0 Å². The molecule has 3 aromatic rings. The van der Waals surface area contributed by atoms with Crippen LogP contribution in [-0.2, 0) is 6.18 Å². The van der Waals surface area contributed by atoms with Gasteiger partial charge in [0.15, 0.2) is 5.82 Å². The third-order valence-electron chi connectivity index (χ3n) is 3.69. The maximum atomic E-state index is 13.2. The molecule has 0 radical (unpaired) electrons. The first kappa shape index (κ1) is 16.9. The van der Waals surface area contributed by atoms with E-state index in [0.29, 0.717) is 16.7 Å². The van der Waals surface area contributed by atoms with Crippen molar-refractivity contribution >= 4 is 5.82 Å². The van der Waals surface area contributed by atoms with Crippen LogP contribution < -0.4 is 11.3 Å². The molecule has 7 heteroatoms. The summed E-state index contributed by atoms with van der Waals surface area (Å²) in [6.07, 6.45) is -4.68. The van der Waals surface area contributed by atoms with Gasteiger partial charge in [-0.1, -0.05) is 60.2 Å². The molecule has 1 heterocycles. The summed E-state index contributed by atoms with van der Waals surface area (Å²) in [4.78, 5) is 7.37. The highest BCUT2D eigenvalue weighted by atomic mass is 19.4. The minimum atomic E-state index is -4.68. The monoisotopic (exact) mass is 344 g/mol. The van der Waals surface area contributed by atoms with Gasteiger partial charge >= 0.3 is 6.18 Å². The van der Waals surface area contributed by atoms with E-state index >= 15 is 0 Å². The van der Waals surface area contributed by atoms with E-state index in [1.165, 1.54) is 0 Å². The van der Waals surface area contributed by atoms with Crippen LogP contribution in [0.15, 0.2) is 54.6 Å². The van der Waals surface area contributed by atoms with Crippen molar-refractivity contribution < 1.29 is 13.2 Å². The van der Waals surface area contributed by atoms with Crippen molar-refractivity contribution in [3.63, 3.8) is 0 Å². The van der Waals surface area contributed by atoms with Gasteiger partial charge in [-0.3, -0.25) is 0 Å². The summed E-state index contributed by atoms with van der Waals surface area (Å²) in [7, 11) is 0. The molecule has 0 aliphatic carbocycles. The molecule has 25 heavy (non-hydrogen) atoms. The van der Waals surface area contributed by atoms with Gasteiger partial charge in [-0.25, -0.2) is 15.8 Å². The van der Waals surface area contributed by atoms with Crippen LogP contribution in [0.4, 0.5) is 19.0 Å². The van der Waals surface area contributed by atoms with Crippen molar-refractivity contribution in [3.8, 4) is 22.4 Å². The largest absolute Gasteiger partial charge is 0.451 e. The normalized spacial score (nSPS) is 11.4. The van der Waals surface area contributed by atoms with E-state index in [1.54, 1.807) is 36.4 Å². The molecule has 0 spiro atoms. The summed E-state index contributed by atoms with van der Waals surface area (Å²) in [5.41, 5.74) is 5.07. The second kappa shape index (κ2) is 6.52. The number of aryl methyl sites for hydroxylation is 1.